The lowest BCUT2D eigenvalue weighted by Gasteiger charge is -2.20. The molecule has 2 unspecified atom stereocenters. The molecule has 0 heterocycles. The van der Waals surface area contributed by atoms with Crippen LogP contribution in [0, 0.1) is 5.82 Å². The molecule has 1 nitrogen and oxygen atoms in total. The molecule has 2 atom stereocenters. The monoisotopic (exact) mass is 302 g/mol. The summed E-state index contributed by atoms with van der Waals surface area (Å²) in [5.74, 6) is -0.728. The molecule has 2 heteroatoms. The summed E-state index contributed by atoms with van der Waals surface area (Å²) >= 11 is 0. The van der Waals surface area contributed by atoms with E-state index in [1.807, 2.05) is 60.7 Å². The molecule has 0 radical (unpaired) electrons. The van der Waals surface area contributed by atoms with Crippen LogP contribution in [-0.4, -0.2) is 5.78 Å². The highest BCUT2D eigenvalue weighted by molar-refractivity contribution is 6.07. The van der Waals surface area contributed by atoms with Crippen LogP contribution in [0.2, 0.25) is 0 Å². The summed E-state index contributed by atoms with van der Waals surface area (Å²) < 4.78 is 13.6. The Morgan fingerprint density at radius 1 is 0.696 bits per heavy atom. The Bertz CT molecular complexity index is 856. The van der Waals surface area contributed by atoms with Crippen LogP contribution in [0.1, 0.15) is 38.9 Å². The lowest BCUT2D eigenvalue weighted by molar-refractivity contribution is 0.0968. The third-order valence-corrected chi connectivity index (χ3v) is 4.55. The van der Waals surface area contributed by atoms with Crippen LogP contribution in [-0.2, 0) is 0 Å². The SMILES string of the molecule is O=C1c2cc(F)ccc2C(c2ccccc2)C1c1ccccc1. The molecule has 1 aliphatic carbocycles. The van der Waals surface area contributed by atoms with E-state index in [-0.39, 0.29) is 23.4 Å². The smallest absolute Gasteiger partial charge is 0.171 e. The predicted molar refractivity (Wildman–Crippen MR) is 88.2 cm³/mol. The quantitative estimate of drug-likeness (QED) is 0.655. The Kier molecular flexibility index (Phi) is 3.30. The first-order valence-electron chi connectivity index (χ1n) is 7.69. The molecule has 0 aliphatic heterocycles. The van der Waals surface area contributed by atoms with E-state index in [9.17, 15) is 9.18 Å². The highest BCUT2D eigenvalue weighted by Crippen LogP contribution is 2.47. The van der Waals surface area contributed by atoms with E-state index in [0.717, 1.165) is 16.7 Å². The van der Waals surface area contributed by atoms with Crippen molar-refractivity contribution < 1.29 is 9.18 Å². The Morgan fingerprint density at radius 2 is 1.26 bits per heavy atom. The van der Waals surface area contributed by atoms with Gasteiger partial charge in [-0.3, -0.25) is 4.79 Å². The first kappa shape index (κ1) is 13.9. The van der Waals surface area contributed by atoms with E-state index in [2.05, 4.69) is 0 Å². The van der Waals surface area contributed by atoms with E-state index in [1.54, 1.807) is 6.07 Å². The van der Waals surface area contributed by atoms with E-state index in [1.165, 1.54) is 12.1 Å². The molecule has 0 amide bonds. The van der Waals surface area contributed by atoms with Gasteiger partial charge in [0.2, 0.25) is 0 Å². The van der Waals surface area contributed by atoms with E-state index in [4.69, 9.17) is 0 Å². The van der Waals surface area contributed by atoms with Crippen molar-refractivity contribution in [3.05, 3.63) is 107 Å². The van der Waals surface area contributed by atoms with Crippen molar-refractivity contribution in [3.63, 3.8) is 0 Å². The van der Waals surface area contributed by atoms with Crippen molar-refractivity contribution in [2.45, 2.75) is 11.8 Å². The summed E-state index contributed by atoms with van der Waals surface area (Å²) in [6.07, 6.45) is 0. The van der Waals surface area contributed by atoms with Crippen LogP contribution in [0.3, 0.4) is 0 Å². The maximum atomic E-state index is 13.6. The minimum absolute atomic E-state index is 0.000414. The second kappa shape index (κ2) is 5.47. The topological polar surface area (TPSA) is 17.1 Å². The fourth-order valence-corrected chi connectivity index (χ4v) is 3.55. The first-order chi connectivity index (χ1) is 11.3. The fourth-order valence-electron chi connectivity index (χ4n) is 3.55. The second-order valence-corrected chi connectivity index (χ2v) is 5.87. The zero-order chi connectivity index (χ0) is 15.8. The molecular formula is C21H15FO. The molecule has 4 rings (SSSR count). The predicted octanol–water partition coefficient (Wildman–Crippen LogP) is 4.94. The summed E-state index contributed by atoms with van der Waals surface area (Å²) in [4.78, 5) is 13.0. The number of fused-ring (bicyclic) bond motifs is 1. The highest BCUT2D eigenvalue weighted by Gasteiger charge is 2.41. The molecule has 1 aliphatic rings. The summed E-state index contributed by atoms with van der Waals surface area (Å²) in [6, 6.07) is 24.3. The Morgan fingerprint density at radius 3 is 1.87 bits per heavy atom. The number of halogens is 1. The molecule has 0 aromatic heterocycles. The Hall–Kier alpha value is -2.74. The second-order valence-electron chi connectivity index (χ2n) is 5.87. The molecule has 0 saturated heterocycles. The van der Waals surface area contributed by atoms with E-state index < -0.39 is 0 Å². The number of Topliss-reactive ketones (excluding diaryl/α,β-unsaturated/α-hetero) is 1. The minimum Gasteiger partial charge on any atom is -0.293 e. The van der Waals surface area contributed by atoms with Crippen molar-refractivity contribution in [3.8, 4) is 0 Å². The van der Waals surface area contributed by atoms with Crippen LogP contribution in [0.4, 0.5) is 4.39 Å². The molecule has 0 N–H and O–H groups in total. The summed E-state index contributed by atoms with van der Waals surface area (Å²) in [6.45, 7) is 0. The van der Waals surface area contributed by atoms with Gasteiger partial charge in [-0.2, -0.15) is 0 Å². The van der Waals surface area contributed by atoms with Crippen LogP contribution in [0.15, 0.2) is 78.9 Å². The summed E-state index contributed by atoms with van der Waals surface area (Å²) in [7, 11) is 0. The zero-order valence-electron chi connectivity index (χ0n) is 12.4. The first-order valence-corrected chi connectivity index (χ1v) is 7.69. The van der Waals surface area contributed by atoms with Gasteiger partial charge in [-0.25, -0.2) is 4.39 Å². The molecule has 0 saturated carbocycles. The van der Waals surface area contributed by atoms with Crippen molar-refractivity contribution in [2.75, 3.05) is 0 Å². The largest absolute Gasteiger partial charge is 0.293 e. The minimum atomic E-state index is -0.363. The summed E-state index contributed by atoms with van der Waals surface area (Å²) in [5, 5.41) is 0. The van der Waals surface area contributed by atoms with Crippen LogP contribution < -0.4 is 0 Å². The van der Waals surface area contributed by atoms with Gasteiger partial charge in [-0.15, -0.1) is 0 Å². The van der Waals surface area contributed by atoms with Crippen molar-refractivity contribution in [1.29, 1.82) is 0 Å². The molecule has 112 valence electrons. The van der Waals surface area contributed by atoms with Crippen molar-refractivity contribution in [2.24, 2.45) is 0 Å². The average Bonchev–Trinajstić information content (AvgIpc) is 2.89. The van der Waals surface area contributed by atoms with Gasteiger partial charge in [0.05, 0.1) is 5.92 Å². The molecule has 3 aromatic rings. The molecule has 0 fully saturated rings. The number of hydrogen-bond donors (Lipinski definition) is 0. The number of hydrogen-bond acceptors (Lipinski definition) is 1. The lowest BCUT2D eigenvalue weighted by Crippen LogP contribution is -2.12. The van der Waals surface area contributed by atoms with Gasteiger partial charge in [0.1, 0.15) is 5.82 Å². The third kappa shape index (κ3) is 2.27. The number of ketones is 1. The van der Waals surface area contributed by atoms with E-state index in [0.29, 0.717) is 5.56 Å². The van der Waals surface area contributed by atoms with Crippen LogP contribution in [0.5, 0.6) is 0 Å². The van der Waals surface area contributed by atoms with Gasteiger partial charge >= 0.3 is 0 Å². The molecule has 23 heavy (non-hydrogen) atoms. The van der Waals surface area contributed by atoms with E-state index >= 15 is 0 Å². The maximum absolute atomic E-state index is 13.6. The number of carbonyl (C=O) groups is 1. The standard InChI is InChI=1S/C21H15FO/c22-16-11-12-17-18(13-16)21(23)20(15-9-5-2-6-10-15)19(17)14-7-3-1-4-8-14/h1-13,19-20H. The van der Waals surface area contributed by atoms with Gasteiger partial charge in [-0.05, 0) is 28.8 Å². The van der Waals surface area contributed by atoms with Crippen LogP contribution >= 0.6 is 0 Å². The lowest BCUT2D eigenvalue weighted by atomic mass is 9.81. The van der Waals surface area contributed by atoms with Crippen molar-refractivity contribution >= 4 is 5.78 Å². The Labute approximate surface area is 134 Å². The van der Waals surface area contributed by atoms with Gasteiger partial charge < -0.3 is 0 Å². The molecule has 3 aromatic carbocycles. The molecular weight excluding hydrogens is 287 g/mol. The van der Waals surface area contributed by atoms with Gasteiger partial charge in [0, 0.05) is 11.5 Å². The van der Waals surface area contributed by atoms with Crippen molar-refractivity contribution in [1.82, 2.24) is 0 Å². The van der Waals surface area contributed by atoms with Gasteiger partial charge in [-0.1, -0.05) is 66.7 Å². The zero-order valence-corrected chi connectivity index (χ0v) is 12.4. The summed E-state index contributed by atoms with van der Waals surface area (Å²) in [5.41, 5.74) is 3.48. The molecule has 0 spiro atoms. The number of rotatable bonds is 2. The highest BCUT2D eigenvalue weighted by atomic mass is 19.1. The van der Waals surface area contributed by atoms with Gasteiger partial charge in [0.15, 0.2) is 5.78 Å². The fraction of sp³-hybridized carbons (Fsp3) is 0.0952. The third-order valence-electron chi connectivity index (χ3n) is 4.55. The normalized spacial score (nSPS) is 19.6. The Balaban J connectivity index is 1.93. The average molecular weight is 302 g/mol. The maximum Gasteiger partial charge on any atom is 0.171 e. The van der Waals surface area contributed by atoms with Crippen LogP contribution in [0.25, 0.3) is 0 Å². The number of carbonyl (C=O) groups excluding carboxylic acids is 1. The molecule has 0 bridgehead atoms. The number of benzene rings is 3. The van der Waals surface area contributed by atoms with Gasteiger partial charge in [0.25, 0.3) is 0 Å².